The molecule has 3 atom stereocenters. The molecule has 0 saturated carbocycles. The Kier molecular flexibility index (Phi) is 11.0. The normalized spacial score (nSPS) is 16.2. The number of nitro groups is 1. The first-order valence-electron chi connectivity index (χ1n) is 14.0. The number of aliphatic hydroxyl groups is 1. The number of benzene rings is 3. The Balaban J connectivity index is 1.53. The van der Waals surface area contributed by atoms with Crippen molar-refractivity contribution in [2.75, 3.05) is 28.5 Å². The van der Waals surface area contributed by atoms with Gasteiger partial charge in [-0.05, 0) is 0 Å². The van der Waals surface area contributed by atoms with Gasteiger partial charge >= 0.3 is 254 Å². The van der Waals surface area contributed by atoms with Gasteiger partial charge in [0.05, 0.1) is 0 Å². The van der Waals surface area contributed by atoms with E-state index in [1.54, 1.807) is 30.3 Å². The molecule has 224 valence electrons. The van der Waals surface area contributed by atoms with Crippen LogP contribution in [0.25, 0.3) is 0 Å². The van der Waals surface area contributed by atoms with Gasteiger partial charge in [-0.1, -0.05) is 0 Å². The van der Waals surface area contributed by atoms with Gasteiger partial charge in [0, 0.05) is 0 Å². The summed E-state index contributed by atoms with van der Waals surface area (Å²) in [6.45, 7) is 2.89. The predicted molar refractivity (Wildman–Crippen MR) is 167 cm³/mol. The SMILES string of the molecule is CCNc1cc(C(=O)N[C@@H](Cc2ccccc2)[C@@H](O)C[AsH]Cc2cccc([N+](=O)[O-])c2)cc(N2CCCCS2(=O)=O)c1. The number of aliphatic hydroxyl groups excluding tert-OH is 1. The van der Waals surface area contributed by atoms with Crippen molar-refractivity contribution in [2.24, 2.45) is 0 Å². The molecule has 10 nitrogen and oxygen atoms in total. The standard InChI is InChI=1S/C30H37AsN4O6S/c1-2-32-25-17-24(18-27(19-25)34-13-6-7-14-42(34,40)41)30(37)33-28(16-22-9-4-3-5-10-22)29(36)21-31-20-23-11-8-12-26(15-23)35(38)39/h3-5,8-12,15,17-19,28-29,31-32,36H,2,6-7,13-14,16,20-21H2,1H3,(H,33,37)/t28-,29-/m0/s1. The van der Waals surface area contributed by atoms with E-state index in [0.717, 1.165) is 17.5 Å². The number of amides is 1. The summed E-state index contributed by atoms with van der Waals surface area (Å²) in [5.74, 6) is -0.324. The molecule has 3 aromatic rings. The van der Waals surface area contributed by atoms with Gasteiger partial charge in [-0.3, -0.25) is 0 Å². The van der Waals surface area contributed by atoms with Gasteiger partial charge in [-0.15, -0.1) is 0 Å². The number of sulfonamides is 1. The molecule has 12 heteroatoms. The summed E-state index contributed by atoms with van der Waals surface area (Å²) < 4.78 is 27.0. The van der Waals surface area contributed by atoms with Crippen LogP contribution in [0.1, 0.15) is 41.3 Å². The van der Waals surface area contributed by atoms with E-state index in [-0.39, 0.29) is 11.4 Å². The van der Waals surface area contributed by atoms with Crippen LogP contribution in [0, 0.1) is 10.1 Å². The van der Waals surface area contributed by atoms with Crippen molar-refractivity contribution in [3.05, 3.63) is 99.6 Å². The molecule has 4 rings (SSSR count). The Hall–Kier alpha value is -3.40. The van der Waals surface area contributed by atoms with Crippen LogP contribution >= 0.6 is 0 Å². The number of carbonyl (C=O) groups is 1. The van der Waals surface area contributed by atoms with E-state index >= 15 is 0 Å². The van der Waals surface area contributed by atoms with Crippen LogP contribution in [-0.4, -0.2) is 71.1 Å². The number of rotatable bonds is 13. The van der Waals surface area contributed by atoms with Crippen molar-refractivity contribution in [3.63, 3.8) is 0 Å². The number of nitro benzene ring substituents is 1. The average Bonchev–Trinajstić information content (AvgIpc) is 2.97. The molecule has 42 heavy (non-hydrogen) atoms. The molecule has 3 aromatic carbocycles. The second-order valence-corrected chi connectivity index (χ2v) is 14.9. The quantitative estimate of drug-likeness (QED) is 0.145. The number of carbonyl (C=O) groups excluding carboxylic acids is 1. The molecule has 0 spiro atoms. The van der Waals surface area contributed by atoms with Crippen LogP contribution in [0.15, 0.2) is 72.8 Å². The van der Waals surface area contributed by atoms with E-state index in [4.69, 9.17) is 0 Å². The summed E-state index contributed by atoms with van der Waals surface area (Å²) in [4.78, 5) is 24.3. The summed E-state index contributed by atoms with van der Waals surface area (Å²) in [6, 6.07) is 20.6. The molecule has 0 aromatic heterocycles. The topological polar surface area (TPSA) is 142 Å². The van der Waals surface area contributed by atoms with Crippen molar-refractivity contribution in [3.8, 4) is 0 Å². The molecule has 1 fully saturated rings. The summed E-state index contributed by atoms with van der Waals surface area (Å²) in [5, 5.41) is 29.8. The van der Waals surface area contributed by atoms with Gasteiger partial charge < -0.3 is 0 Å². The second-order valence-electron chi connectivity index (χ2n) is 10.3. The number of nitrogens with one attached hydrogen (secondary N) is 2. The number of non-ortho nitro benzene ring substituents is 1. The third-order valence-corrected chi connectivity index (χ3v) is 11.8. The summed E-state index contributed by atoms with van der Waals surface area (Å²) in [6.07, 6.45) is 0.947. The van der Waals surface area contributed by atoms with Gasteiger partial charge in [0.2, 0.25) is 0 Å². The molecule has 1 heterocycles. The van der Waals surface area contributed by atoms with Crippen LogP contribution < -0.4 is 14.9 Å². The molecule has 3 N–H and O–H groups in total. The van der Waals surface area contributed by atoms with Crippen molar-refractivity contribution in [2.45, 2.75) is 48.7 Å². The van der Waals surface area contributed by atoms with E-state index in [2.05, 4.69) is 10.6 Å². The van der Waals surface area contributed by atoms with Gasteiger partial charge in [0.1, 0.15) is 0 Å². The first-order chi connectivity index (χ1) is 20.2. The summed E-state index contributed by atoms with van der Waals surface area (Å²) in [7, 11) is -3.47. The molecule has 1 aliphatic heterocycles. The number of hydrogen-bond donors (Lipinski definition) is 3. The molecular formula is C30H37AsN4O6S. The van der Waals surface area contributed by atoms with Gasteiger partial charge in [0.25, 0.3) is 0 Å². The Bertz CT molecular complexity index is 1490. The summed E-state index contributed by atoms with van der Waals surface area (Å²) >= 11 is -0.715. The van der Waals surface area contributed by atoms with E-state index in [0.29, 0.717) is 53.3 Å². The molecule has 1 saturated heterocycles. The molecule has 0 bridgehead atoms. The monoisotopic (exact) mass is 656 g/mol. The Morgan fingerprint density at radius 1 is 1.07 bits per heavy atom. The molecule has 1 aliphatic rings. The Morgan fingerprint density at radius 3 is 2.55 bits per heavy atom. The zero-order chi connectivity index (χ0) is 30.1. The van der Waals surface area contributed by atoms with Crippen LogP contribution in [0.2, 0.25) is 5.21 Å². The van der Waals surface area contributed by atoms with E-state index in [1.165, 1.54) is 10.4 Å². The van der Waals surface area contributed by atoms with Crippen LogP contribution in [0.4, 0.5) is 17.1 Å². The van der Waals surface area contributed by atoms with Crippen LogP contribution in [-0.2, 0) is 21.7 Å². The zero-order valence-corrected chi connectivity index (χ0v) is 26.4. The van der Waals surface area contributed by atoms with Crippen molar-refractivity contribution in [1.82, 2.24) is 5.32 Å². The second kappa shape index (κ2) is 14.7. The first-order valence-corrected chi connectivity index (χ1v) is 18.6. The minimum absolute atomic E-state index is 0.0466. The van der Waals surface area contributed by atoms with Gasteiger partial charge in [0.15, 0.2) is 0 Å². The Labute approximate surface area is 253 Å². The van der Waals surface area contributed by atoms with Gasteiger partial charge in [-0.2, -0.15) is 0 Å². The third kappa shape index (κ3) is 8.56. The number of hydrogen-bond acceptors (Lipinski definition) is 7. The molecule has 1 unspecified atom stereocenters. The average molecular weight is 657 g/mol. The maximum atomic E-state index is 13.6. The van der Waals surface area contributed by atoms with Crippen molar-refractivity contribution >= 4 is 48.7 Å². The fourth-order valence-electron chi connectivity index (χ4n) is 4.96. The maximum absolute atomic E-state index is 13.6. The molecule has 1 amide bonds. The van der Waals surface area contributed by atoms with Crippen molar-refractivity contribution in [1.29, 1.82) is 0 Å². The van der Waals surface area contributed by atoms with E-state index < -0.39 is 48.8 Å². The fourth-order valence-corrected chi connectivity index (χ4v) is 9.17. The molecule has 0 aliphatic carbocycles. The molecular weight excluding hydrogens is 619 g/mol. The number of anilines is 2. The van der Waals surface area contributed by atoms with Crippen LogP contribution in [0.3, 0.4) is 0 Å². The van der Waals surface area contributed by atoms with E-state index in [1.807, 2.05) is 43.3 Å². The van der Waals surface area contributed by atoms with Gasteiger partial charge in [-0.25, -0.2) is 0 Å². The predicted octanol–water partition coefficient (Wildman–Crippen LogP) is 3.71. The third-order valence-electron chi connectivity index (χ3n) is 7.08. The minimum atomic E-state index is -3.47. The molecule has 0 radical (unpaired) electrons. The summed E-state index contributed by atoms with van der Waals surface area (Å²) in [5.41, 5.74) is 3.27. The van der Waals surface area contributed by atoms with E-state index in [9.17, 15) is 28.4 Å². The fraction of sp³-hybridized carbons (Fsp3) is 0.367. The van der Waals surface area contributed by atoms with Crippen LogP contribution in [0.5, 0.6) is 0 Å². The van der Waals surface area contributed by atoms with Crippen molar-refractivity contribution < 1.29 is 23.2 Å². The zero-order valence-electron chi connectivity index (χ0n) is 23.5. The Morgan fingerprint density at radius 2 is 1.83 bits per heavy atom. The first kappa shape index (κ1) is 31.5. The number of nitrogens with zero attached hydrogens (tertiary/aromatic N) is 2.